The van der Waals surface area contributed by atoms with Crippen molar-refractivity contribution in [1.29, 1.82) is 0 Å². The van der Waals surface area contributed by atoms with Crippen molar-refractivity contribution in [3.05, 3.63) is 62.9 Å². The molecule has 0 aromatic heterocycles. The third-order valence-electron chi connectivity index (χ3n) is 5.66. The second-order valence-corrected chi connectivity index (χ2v) is 11.8. The van der Waals surface area contributed by atoms with Crippen molar-refractivity contribution in [3.63, 3.8) is 0 Å². The third-order valence-corrected chi connectivity index (χ3v) is 7.17. The highest BCUT2D eigenvalue weighted by Gasteiger charge is 2.30. The molecule has 178 valence electrons. The number of benzene rings is 2. The highest BCUT2D eigenvalue weighted by atomic mass is 35.5. The SMILES string of the molecule is CC(C)(C)OC(=O)c1cc(C2CC2)c(CN2CCN(Sc3cc(Cl)cc(Cl)c3)CC2)cc1F. The fraction of sp³-hybridized carbons (Fsp3) is 0.480. The van der Waals surface area contributed by atoms with E-state index in [4.69, 9.17) is 27.9 Å². The van der Waals surface area contributed by atoms with Crippen LogP contribution >= 0.6 is 35.1 Å². The maximum atomic E-state index is 14.9. The molecule has 0 bridgehead atoms. The van der Waals surface area contributed by atoms with Gasteiger partial charge in [0.05, 0.1) is 5.56 Å². The molecule has 1 aliphatic heterocycles. The van der Waals surface area contributed by atoms with Gasteiger partial charge >= 0.3 is 5.97 Å². The molecule has 2 fully saturated rings. The molecule has 1 aliphatic carbocycles. The second-order valence-electron chi connectivity index (χ2n) is 9.71. The first-order chi connectivity index (χ1) is 15.6. The van der Waals surface area contributed by atoms with Crippen LogP contribution in [0.4, 0.5) is 4.39 Å². The first-order valence-electron chi connectivity index (χ1n) is 11.2. The van der Waals surface area contributed by atoms with Gasteiger partial charge in [0.2, 0.25) is 0 Å². The Morgan fingerprint density at radius 1 is 1.06 bits per heavy atom. The van der Waals surface area contributed by atoms with Crippen molar-refractivity contribution in [2.75, 3.05) is 26.2 Å². The maximum absolute atomic E-state index is 14.9. The van der Waals surface area contributed by atoms with Gasteiger partial charge in [-0.2, -0.15) is 0 Å². The number of rotatable bonds is 6. The molecule has 0 unspecified atom stereocenters. The Labute approximate surface area is 209 Å². The fourth-order valence-electron chi connectivity index (χ4n) is 3.98. The van der Waals surface area contributed by atoms with Crippen LogP contribution in [-0.4, -0.2) is 47.0 Å². The van der Waals surface area contributed by atoms with Crippen molar-refractivity contribution in [2.24, 2.45) is 0 Å². The zero-order valence-electron chi connectivity index (χ0n) is 19.2. The minimum Gasteiger partial charge on any atom is -0.456 e. The van der Waals surface area contributed by atoms with Crippen LogP contribution in [-0.2, 0) is 11.3 Å². The Kier molecular flexibility index (Phi) is 7.61. The summed E-state index contributed by atoms with van der Waals surface area (Å²) in [7, 11) is 0. The molecular formula is C25H29Cl2FN2O2S. The standard InChI is InChI=1S/C25H29Cl2FN2O2S/c1-25(2,3)32-24(31)22-14-21(16-4-5-16)17(10-23(22)28)15-29-6-8-30(9-7-29)33-20-12-18(26)11-19(27)13-20/h10-14,16H,4-9,15H2,1-3H3. The number of carbonyl (C=O) groups excluding carboxylic acids is 1. The lowest BCUT2D eigenvalue weighted by molar-refractivity contribution is 0.00645. The molecular weight excluding hydrogens is 482 g/mol. The summed E-state index contributed by atoms with van der Waals surface area (Å²) in [4.78, 5) is 15.9. The van der Waals surface area contributed by atoms with Crippen LogP contribution in [0, 0.1) is 5.82 Å². The van der Waals surface area contributed by atoms with E-state index in [9.17, 15) is 9.18 Å². The summed E-state index contributed by atoms with van der Waals surface area (Å²) in [5, 5.41) is 1.26. The predicted octanol–water partition coefficient (Wildman–Crippen LogP) is 6.79. The zero-order valence-corrected chi connectivity index (χ0v) is 21.5. The van der Waals surface area contributed by atoms with Gasteiger partial charge in [0.1, 0.15) is 11.4 Å². The average molecular weight is 511 g/mol. The van der Waals surface area contributed by atoms with E-state index in [0.717, 1.165) is 55.0 Å². The monoisotopic (exact) mass is 510 g/mol. The van der Waals surface area contributed by atoms with Gasteiger partial charge in [-0.05, 0) is 92.9 Å². The lowest BCUT2D eigenvalue weighted by atomic mass is 9.98. The molecule has 1 saturated heterocycles. The zero-order chi connectivity index (χ0) is 23.8. The van der Waals surface area contributed by atoms with Crippen LogP contribution in [0.3, 0.4) is 0 Å². The van der Waals surface area contributed by atoms with Gasteiger partial charge in [0.15, 0.2) is 0 Å². The summed E-state index contributed by atoms with van der Waals surface area (Å²) in [6.45, 7) is 9.56. The van der Waals surface area contributed by atoms with Gasteiger partial charge in [-0.25, -0.2) is 13.5 Å². The molecule has 2 aliphatic rings. The lowest BCUT2D eigenvalue weighted by Gasteiger charge is -2.34. The normalized spacial score (nSPS) is 17.9. The van der Waals surface area contributed by atoms with E-state index < -0.39 is 17.4 Å². The minimum absolute atomic E-state index is 0.0389. The summed E-state index contributed by atoms with van der Waals surface area (Å²) < 4.78 is 22.6. The van der Waals surface area contributed by atoms with E-state index in [1.807, 2.05) is 12.1 Å². The molecule has 4 nitrogen and oxygen atoms in total. The average Bonchev–Trinajstić information content (AvgIpc) is 3.52. The number of esters is 1. The number of piperazine rings is 1. The largest absolute Gasteiger partial charge is 0.456 e. The first-order valence-corrected chi connectivity index (χ1v) is 12.8. The predicted molar refractivity (Wildman–Crippen MR) is 133 cm³/mol. The van der Waals surface area contributed by atoms with Crippen LogP contribution in [0.15, 0.2) is 35.2 Å². The molecule has 33 heavy (non-hydrogen) atoms. The molecule has 4 rings (SSSR count). The van der Waals surface area contributed by atoms with Crippen molar-refractivity contribution >= 4 is 41.1 Å². The first kappa shape index (κ1) is 24.8. The Morgan fingerprint density at radius 3 is 2.27 bits per heavy atom. The molecule has 1 saturated carbocycles. The number of nitrogens with zero attached hydrogens (tertiary/aromatic N) is 2. The number of halogens is 3. The summed E-state index contributed by atoms with van der Waals surface area (Å²) >= 11 is 13.9. The molecule has 8 heteroatoms. The number of ether oxygens (including phenoxy) is 1. The Bertz CT molecular complexity index is 1010. The highest BCUT2D eigenvalue weighted by molar-refractivity contribution is 7.97. The van der Waals surface area contributed by atoms with Crippen LogP contribution in [0.1, 0.15) is 61.0 Å². The molecule has 0 atom stereocenters. The fourth-order valence-corrected chi connectivity index (χ4v) is 5.64. The van der Waals surface area contributed by atoms with Crippen LogP contribution < -0.4 is 0 Å². The highest BCUT2D eigenvalue weighted by Crippen LogP contribution is 2.43. The van der Waals surface area contributed by atoms with E-state index in [1.54, 1.807) is 50.9 Å². The summed E-state index contributed by atoms with van der Waals surface area (Å²) in [5.74, 6) is -0.693. The summed E-state index contributed by atoms with van der Waals surface area (Å²) in [6, 6.07) is 8.84. The number of hydrogen-bond donors (Lipinski definition) is 0. The Hall–Kier alpha value is -1.31. The molecule has 0 spiro atoms. The molecule has 0 radical (unpaired) electrons. The molecule has 0 amide bonds. The lowest BCUT2D eigenvalue weighted by Crippen LogP contribution is -2.43. The quantitative estimate of drug-likeness (QED) is 0.315. The Morgan fingerprint density at radius 2 is 1.70 bits per heavy atom. The molecule has 0 N–H and O–H groups in total. The van der Waals surface area contributed by atoms with Gasteiger partial charge in [-0.15, -0.1) is 0 Å². The topological polar surface area (TPSA) is 32.8 Å². The van der Waals surface area contributed by atoms with Crippen LogP contribution in [0.25, 0.3) is 0 Å². The van der Waals surface area contributed by atoms with Gasteiger partial charge < -0.3 is 4.74 Å². The van der Waals surface area contributed by atoms with Crippen LogP contribution in [0.5, 0.6) is 0 Å². The molecule has 1 heterocycles. The van der Waals surface area contributed by atoms with Gasteiger partial charge in [-0.1, -0.05) is 23.2 Å². The third kappa shape index (κ3) is 6.86. The van der Waals surface area contributed by atoms with E-state index in [2.05, 4.69) is 9.21 Å². The van der Waals surface area contributed by atoms with E-state index in [-0.39, 0.29) is 5.56 Å². The van der Waals surface area contributed by atoms with Crippen LogP contribution in [0.2, 0.25) is 10.0 Å². The molecule has 2 aromatic rings. The van der Waals surface area contributed by atoms with Crippen molar-refractivity contribution in [3.8, 4) is 0 Å². The van der Waals surface area contributed by atoms with E-state index in [1.165, 1.54) is 0 Å². The summed E-state index contributed by atoms with van der Waals surface area (Å²) in [5.41, 5.74) is 1.44. The van der Waals surface area contributed by atoms with Crippen molar-refractivity contribution < 1.29 is 13.9 Å². The summed E-state index contributed by atoms with van der Waals surface area (Å²) in [6.07, 6.45) is 2.16. The Balaban J connectivity index is 1.41. The maximum Gasteiger partial charge on any atom is 0.341 e. The van der Waals surface area contributed by atoms with Crippen molar-refractivity contribution in [1.82, 2.24) is 9.21 Å². The second kappa shape index (κ2) is 10.1. The van der Waals surface area contributed by atoms with E-state index >= 15 is 0 Å². The van der Waals surface area contributed by atoms with Crippen molar-refractivity contribution in [2.45, 2.75) is 56.6 Å². The smallest absolute Gasteiger partial charge is 0.341 e. The van der Waals surface area contributed by atoms with Gasteiger partial charge in [0.25, 0.3) is 0 Å². The molecule has 2 aromatic carbocycles. The van der Waals surface area contributed by atoms with E-state index in [0.29, 0.717) is 22.5 Å². The van der Waals surface area contributed by atoms with Gasteiger partial charge in [-0.3, -0.25) is 4.90 Å². The number of hydrogen-bond acceptors (Lipinski definition) is 5. The minimum atomic E-state index is -0.657. The van der Waals surface area contributed by atoms with Gasteiger partial charge in [0, 0.05) is 47.7 Å². The number of carbonyl (C=O) groups is 1.